The first-order valence-corrected chi connectivity index (χ1v) is 9.65. The summed E-state index contributed by atoms with van der Waals surface area (Å²) in [5.74, 6) is -5.78. The molecule has 1 atom stereocenters. The average molecular weight is 429 g/mol. The van der Waals surface area contributed by atoms with Crippen molar-refractivity contribution in [3.8, 4) is 0 Å². The predicted octanol–water partition coefficient (Wildman–Crippen LogP) is 4.50. The zero-order valence-corrected chi connectivity index (χ0v) is 17.3. The largest absolute Gasteiger partial charge is 0.343 e. The molecule has 0 radical (unpaired) electrons. The maximum absolute atomic E-state index is 13.7. The summed E-state index contributed by atoms with van der Waals surface area (Å²) < 4.78 is 42.0. The van der Waals surface area contributed by atoms with Crippen molar-refractivity contribution >= 4 is 17.5 Å². The van der Waals surface area contributed by atoms with Crippen molar-refractivity contribution in [1.82, 2.24) is 9.88 Å². The molecule has 0 fully saturated rings. The Balaban J connectivity index is 1.69. The van der Waals surface area contributed by atoms with Gasteiger partial charge in [0, 0.05) is 11.4 Å². The number of rotatable bonds is 6. The number of hydrogen-bond acceptors (Lipinski definition) is 2. The molecule has 1 unspecified atom stereocenters. The van der Waals surface area contributed by atoms with Crippen molar-refractivity contribution in [2.45, 2.75) is 26.8 Å². The molecule has 2 aromatic carbocycles. The standard InChI is InChI=1S/C23H22F3N3O2/c1-13-11-17(15(3)29(13)14(2)16-7-5-4-6-8-16)23(31)27-12-20(30)28-19-10-9-18(24)21(25)22(19)26/h4-11,14H,12H2,1-3H3,(H,27,31)(H,28,30). The molecule has 0 aliphatic carbocycles. The van der Waals surface area contributed by atoms with Crippen molar-refractivity contribution < 1.29 is 22.8 Å². The highest BCUT2D eigenvalue weighted by molar-refractivity contribution is 6.00. The summed E-state index contributed by atoms with van der Waals surface area (Å²) in [6.45, 7) is 5.27. The number of carbonyl (C=O) groups is 2. The highest BCUT2D eigenvalue weighted by Gasteiger charge is 2.20. The van der Waals surface area contributed by atoms with E-state index in [0.29, 0.717) is 11.6 Å². The topological polar surface area (TPSA) is 63.1 Å². The Bertz CT molecular complexity index is 1130. The lowest BCUT2D eigenvalue weighted by atomic mass is 10.1. The van der Waals surface area contributed by atoms with Crippen LogP contribution in [0.15, 0.2) is 48.5 Å². The molecule has 0 saturated carbocycles. The zero-order valence-electron chi connectivity index (χ0n) is 17.3. The number of amides is 2. The van der Waals surface area contributed by atoms with Gasteiger partial charge in [0.15, 0.2) is 17.5 Å². The maximum Gasteiger partial charge on any atom is 0.253 e. The van der Waals surface area contributed by atoms with E-state index in [2.05, 4.69) is 10.6 Å². The minimum absolute atomic E-state index is 0.00222. The molecule has 0 bridgehead atoms. The zero-order chi connectivity index (χ0) is 22.7. The Morgan fingerprint density at radius 2 is 1.68 bits per heavy atom. The van der Waals surface area contributed by atoms with Crippen LogP contribution in [0.4, 0.5) is 18.9 Å². The number of nitrogens with zero attached hydrogens (tertiary/aromatic N) is 1. The summed E-state index contributed by atoms with van der Waals surface area (Å²) >= 11 is 0. The van der Waals surface area contributed by atoms with Crippen molar-refractivity contribution in [1.29, 1.82) is 0 Å². The number of carbonyl (C=O) groups excluding carboxylic acids is 2. The van der Waals surface area contributed by atoms with Crippen molar-refractivity contribution in [2.75, 3.05) is 11.9 Å². The van der Waals surface area contributed by atoms with Gasteiger partial charge < -0.3 is 15.2 Å². The van der Waals surface area contributed by atoms with E-state index >= 15 is 0 Å². The molecule has 31 heavy (non-hydrogen) atoms. The number of hydrogen-bond donors (Lipinski definition) is 2. The summed E-state index contributed by atoms with van der Waals surface area (Å²) in [7, 11) is 0. The number of nitrogens with one attached hydrogen (secondary N) is 2. The first kappa shape index (κ1) is 22.1. The normalized spacial score (nSPS) is 11.8. The van der Waals surface area contributed by atoms with Crippen LogP contribution < -0.4 is 10.6 Å². The van der Waals surface area contributed by atoms with E-state index in [1.807, 2.05) is 55.7 Å². The van der Waals surface area contributed by atoms with E-state index < -0.39 is 41.5 Å². The molecule has 3 rings (SSSR count). The lowest BCUT2D eigenvalue weighted by Gasteiger charge is -2.19. The number of aryl methyl sites for hydroxylation is 1. The Morgan fingerprint density at radius 3 is 2.35 bits per heavy atom. The van der Waals surface area contributed by atoms with Gasteiger partial charge in [0.2, 0.25) is 5.91 Å². The molecule has 162 valence electrons. The molecule has 2 amide bonds. The van der Waals surface area contributed by atoms with E-state index in [1.54, 1.807) is 6.07 Å². The molecule has 0 aliphatic heterocycles. The van der Waals surface area contributed by atoms with E-state index in [1.165, 1.54) is 0 Å². The van der Waals surface area contributed by atoms with E-state index in [0.717, 1.165) is 23.0 Å². The highest BCUT2D eigenvalue weighted by Crippen LogP contribution is 2.25. The van der Waals surface area contributed by atoms with Crippen LogP contribution in [0.1, 0.15) is 40.3 Å². The lowest BCUT2D eigenvalue weighted by molar-refractivity contribution is -0.115. The first-order chi connectivity index (χ1) is 14.7. The second-order valence-electron chi connectivity index (χ2n) is 7.20. The van der Waals surface area contributed by atoms with Gasteiger partial charge in [-0.05, 0) is 44.5 Å². The molecule has 5 nitrogen and oxygen atoms in total. The van der Waals surface area contributed by atoms with E-state index in [-0.39, 0.29) is 6.04 Å². The molecule has 3 aromatic rings. The highest BCUT2D eigenvalue weighted by atomic mass is 19.2. The fraction of sp³-hybridized carbons (Fsp3) is 0.217. The maximum atomic E-state index is 13.7. The third-order valence-corrected chi connectivity index (χ3v) is 5.12. The van der Waals surface area contributed by atoms with Gasteiger partial charge >= 0.3 is 0 Å². The Hall–Kier alpha value is -3.55. The Kier molecular flexibility index (Phi) is 6.48. The van der Waals surface area contributed by atoms with Gasteiger partial charge in [-0.15, -0.1) is 0 Å². The van der Waals surface area contributed by atoms with Gasteiger partial charge in [-0.25, -0.2) is 13.2 Å². The monoisotopic (exact) mass is 429 g/mol. The van der Waals surface area contributed by atoms with Crippen molar-refractivity contribution in [3.63, 3.8) is 0 Å². The molecule has 0 aliphatic rings. The molecular weight excluding hydrogens is 407 g/mol. The van der Waals surface area contributed by atoms with Crippen molar-refractivity contribution in [3.05, 3.63) is 88.5 Å². The van der Waals surface area contributed by atoms with Crippen LogP contribution in [0.3, 0.4) is 0 Å². The van der Waals surface area contributed by atoms with Gasteiger partial charge in [-0.3, -0.25) is 9.59 Å². The van der Waals surface area contributed by atoms with Crippen LogP contribution in [0.5, 0.6) is 0 Å². The molecule has 1 heterocycles. The summed E-state index contributed by atoms with van der Waals surface area (Å²) in [5, 5.41) is 4.59. The SMILES string of the molecule is Cc1cc(C(=O)NCC(=O)Nc2ccc(F)c(F)c2F)c(C)n1C(C)c1ccccc1. The molecule has 0 spiro atoms. The predicted molar refractivity (Wildman–Crippen MR) is 111 cm³/mol. The molecule has 0 saturated heterocycles. The van der Waals surface area contributed by atoms with E-state index in [4.69, 9.17) is 0 Å². The van der Waals surface area contributed by atoms with Crippen molar-refractivity contribution in [2.24, 2.45) is 0 Å². The molecule has 8 heteroatoms. The van der Waals surface area contributed by atoms with Gasteiger partial charge in [0.1, 0.15) is 0 Å². The number of halogens is 3. The number of benzene rings is 2. The smallest absolute Gasteiger partial charge is 0.253 e. The summed E-state index contributed by atoms with van der Waals surface area (Å²) in [6.07, 6.45) is 0. The molecule has 2 N–H and O–H groups in total. The minimum atomic E-state index is -1.68. The first-order valence-electron chi connectivity index (χ1n) is 9.65. The second kappa shape index (κ2) is 9.07. The molecular formula is C23H22F3N3O2. The minimum Gasteiger partial charge on any atom is -0.343 e. The van der Waals surface area contributed by atoms with Crippen LogP contribution in [-0.2, 0) is 4.79 Å². The summed E-state index contributed by atoms with van der Waals surface area (Å²) in [4.78, 5) is 24.7. The number of aromatic nitrogens is 1. The Labute approximate surface area is 177 Å². The third-order valence-electron chi connectivity index (χ3n) is 5.12. The number of anilines is 1. The molecule has 1 aromatic heterocycles. The van der Waals surface area contributed by atoms with Gasteiger partial charge in [0.05, 0.1) is 23.8 Å². The average Bonchev–Trinajstić information content (AvgIpc) is 3.06. The summed E-state index contributed by atoms with van der Waals surface area (Å²) in [5.41, 5.74) is 2.61. The fourth-order valence-corrected chi connectivity index (χ4v) is 3.56. The quantitative estimate of drug-likeness (QED) is 0.567. The third kappa shape index (κ3) is 4.63. The second-order valence-corrected chi connectivity index (χ2v) is 7.20. The fourth-order valence-electron chi connectivity index (χ4n) is 3.56. The van der Waals surface area contributed by atoms with Crippen LogP contribution in [-0.4, -0.2) is 22.9 Å². The van der Waals surface area contributed by atoms with Crippen LogP contribution in [0.2, 0.25) is 0 Å². The van der Waals surface area contributed by atoms with Gasteiger partial charge in [-0.1, -0.05) is 30.3 Å². The van der Waals surface area contributed by atoms with Gasteiger partial charge in [-0.2, -0.15) is 0 Å². The summed E-state index contributed by atoms with van der Waals surface area (Å²) in [6, 6.07) is 13.2. The lowest BCUT2D eigenvalue weighted by Crippen LogP contribution is -2.33. The van der Waals surface area contributed by atoms with Crippen LogP contribution in [0, 0.1) is 31.3 Å². The van der Waals surface area contributed by atoms with Gasteiger partial charge in [0.25, 0.3) is 5.91 Å². The van der Waals surface area contributed by atoms with Crippen LogP contribution in [0.25, 0.3) is 0 Å². The van der Waals surface area contributed by atoms with E-state index in [9.17, 15) is 22.8 Å². The Morgan fingerprint density at radius 1 is 1.00 bits per heavy atom. The van der Waals surface area contributed by atoms with Crippen LogP contribution >= 0.6 is 0 Å².